The Morgan fingerprint density at radius 2 is 1.83 bits per heavy atom. The van der Waals surface area contributed by atoms with Gasteiger partial charge in [0.05, 0.1) is 19.9 Å². The summed E-state index contributed by atoms with van der Waals surface area (Å²) >= 11 is 0. The van der Waals surface area contributed by atoms with Crippen LogP contribution in [0.5, 0.6) is 11.5 Å². The largest absolute Gasteiger partial charge is 0.497 e. The van der Waals surface area contributed by atoms with Gasteiger partial charge in [-0.05, 0) is 36.6 Å². The number of benzene rings is 2. The summed E-state index contributed by atoms with van der Waals surface area (Å²) in [6, 6.07) is 15.0. The highest BCUT2D eigenvalue weighted by atomic mass is 16.5. The van der Waals surface area contributed by atoms with Crippen LogP contribution in [0.25, 0.3) is 10.9 Å². The molecule has 2 amide bonds. The summed E-state index contributed by atoms with van der Waals surface area (Å²) in [7, 11) is 3.05. The molecule has 0 unspecified atom stereocenters. The molecule has 1 aromatic heterocycles. The van der Waals surface area contributed by atoms with Crippen LogP contribution in [-0.2, 0) is 16.1 Å². The second kappa shape index (κ2) is 9.14. The number of nitrogens with zero attached hydrogens (tertiary/aromatic N) is 1. The first kappa shape index (κ1) is 20.3. The number of carbonyl (C=O) groups is 2. The van der Waals surface area contributed by atoms with Crippen LogP contribution in [0.4, 0.5) is 5.69 Å². The van der Waals surface area contributed by atoms with Crippen LogP contribution in [0.3, 0.4) is 0 Å². The van der Waals surface area contributed by atoms with Crippen molar-refractivity contribution in [1.82, 2.24) is 9.88 Å². The third-order valence-electron chi connectivity index (χ3n) is 4.56. The molecule has 0 saturated heterocycles. The lowest BCUT2D eigenvalue weighted by Gasteiger charge is -2.16. The molecule has 1 heterocycles. The Bertz CT molecular complexity index is 1010. The minimum Gasteiger partial charge on any atom is -0.497 e. The van der Waals surface area contributed by atoms with Crippen LogP contribution in [0.2, 0.25) is 0 Å². The molecule has 152 valence electrons. The van der Waals surface area contributed by atoms with Gasteiger partial charge in [0.1, 0.15) is 17.9 Å². The Labute approximate surface area is 169 Å². The summed E-state index contributed by atoms with van der Waals surface area (Å²) in [5.74, 6) is 0.332. The Hall–Kier alpha value is -3.48. The predicted molar refractivity (Wildman–Crippen MR) is 112 cm³/mol. The average molecular weight is 395 g/mol. The number of aromatic nitrogens is 1. The van der Waals surface area contributed by atoms with Crippen molar-refractivity contribution in [1.29, 1.82) is 0 Å². The van der Waals surface area contributed by atoms with E-state index < -0.39 is 5.91 Å². The first-order valence-electron chi connectivity index (χ1n) is 9.35. The quantitative estimate of drug-likeness (QED) is 0.574. The summed E-state index contributed by atoms with van der Waals surface area (Å²) in [4.78, 5) is 24.5. The van der Waals surface area contributed by atoms with Crippen LogP contribution in [0.1, 0.15) is 13.3 Å². The Balaban J connectivity index is 1.54. The van der Waals surface area contributed by atoms with E-state index in [0.29, 0.717) is 23.7 Å². The molecule has 0 radical (unpaired) electrons. The fraction of sp³-hybridized carbons (Fsp3) is 0.273. The van der Waals surface area contributed by atoms with E-state index in [1.54, 1.807) is 25.3 Å². The van der Waals surface area contributed by atoms with E-state index in [0.717, 1.165) is 10.9 Å². The third-order valence-corrected chi connectivity index (χ3v) is 4.56. The van der Waals surface area contributed by atoms with Gasteiger partial charge in [-0.1, -0.05) is 18.2 Å². The molecule has 3 aromatic rings. The number of fused-ring (bicyclic) bond motifs is 1. The summed E-state index contributed by atoms with van der Waals surface area (Å²) in [5.41, 5.74) is 1.59. The number of hydrogen-bond donors (Lipinski definition) is 2. The molecule has 2 N–H and O–H groups in total. The second-order valence-corrected chi connectivity index (χ2v) is 6.79. The van der Waals surface area contributed by atoms with Gasteiger partial charge in [-0.25, -0.2) is 0 Å². The molecule has 0 fully saturated rings. The van der Waals surface area contributed by atoms with Crippen molar-refractivity contribution >= 4 is 28.4 Å². The van der Waals surface area contributed by atoms with Gasteiger partial charge in [-0.15, -0.1) is 0 Å². The van der Waals surface area contributed by atoms with Crippen molar-refractivity contribution in [2.75, 3.05) is 19.5 Å². The molecule has 0 saturated carbocycles. The number of nitrogens with one attached hydrogen (secondary N) is 2. The fourth-order valence-corrected chi connectivity index (χ4v) is 3.21. The summed E-state index contributed by atoms with van der Waals surface area (Å²) in [6.07, 6.45) is 1.72. The Morgan fingerprint density at radius 3 is 2.59 bits per heavy atom. The lowest BCUT2D eigenvalue weighted by molar-refractivity contribution is -0.127. The number of ether oxygens (including phenoxy) is 2. The molecule has 3 rings (SSSR count). The van der Waals surface area contributed by atoms with E-state index in [9.17, 15) is 9.59 Å². The normalized spacial score (nSPS) is 11.7. The molecule has 0 aliphatic carbocycles. The average Bonchev–Trinajstić information content (AvgIpc) is 3.10. The number of para-hydroxylation sites is 1. The highest BCUT2D eigenvalue weighted by Crippen LogP contribution is 2.29. The lowest BCUT2D eigenvalue weighted by Crippen LogP contribution is -2.37. The number of methoxy groups -OCH3 is 2. The van der Waals surface area contributed by atoms with Crippen LogP contribution in [0.15, 0.2) is 54.7 Å². The molecule has 0 spiro atoms. The number of rotatable bonds is 8. The minimum absolute atomic E-state index is 0.123. The molecule has 1 atom stereocenters. The molecule has 2 aromatic carbocycles. The van der Waals surface area contributed by atoms with Gasteiger partial charge in [-0.2, -0.15) is 0 Å². The van der Waals surface area contributed by atoms with Gasteiger partial charge in [0, 0.05) is 30.4 Å². The van der Waals surface area contributed by atoms with E-state index in [2.05, 4.69) is 15.2 Å². The number of hydrogen-bond acceptors (Lipinski definition) is 4. The smallest absolute Gasteiger partial charge is 0.233 e. The van der Waals surface area contributed by atoms with Crippen molar-refractivity contribution in [3.63, 3.8) is 0 Å². The van der Waals surface area contributed by atoms with Gasteiger partial charge >= 0.3 is 0 Å². The standard InChI is InChI=1S/C22H25N3O4/c1-15(14-25-11-10-16-6-4-5-7-19(16)25)23-21(26)13-22(27)24-18-9-8-17(28-2)12-20(18)29-3/h4-12,15H,13-14H2,1-3H3,(H,23,26)(H,24,27)/t15-/m0/s1. The summed E-state index contributed by atoms with van der Waals surface area (Å²) in [6.45, 7) is 2.53. The van der Waals surface area contributed by atoms with Crippen molar-refractivity contribution < 1.29 is 19.1 Å². The van der Waals surface area contributed by atoms with E-state index in [1.807, 2.05) is 43.5 Å². The van der Waals surface area contributed by atoms with Gasteiger partial charge in [0.15, 0.2) is 0 Å². The number of anilines is 1. The zero-order chi connectivity index (χ0) is 20.8. The topological polar surface area (TPSA) is 81.6 Å². The van der Waals surface area contributed by atoms with Crippen LogP contribution in [-0.4, -0.2) is 36.6 Å². The SMILES string of the molecule is COc1ccc(NC(=O)CC(=O)N[C@@H](C)Cn2ccc3ccccc32)c(OC)c1. The van der Waals surface area contributed by atoms with Crippen molar-refractivity contribution in [2.45, 2.75) is 25.9 Å². The fourth-order valence-electron chi connectivity index (χ4n) is 3.21. The van der Waals surface area contributed by atoms with Gasteiger partial charge in [-0.3, -0.25) is 9.59 Å². The molecule has 0 aliphatic rings. The van der Waals surface area contributed by atoms with Crippen molar-refractivity contribution in [3.8, 4) is 11.5 Å². The van der Waals surface area contributed by atoms with Gasteiger partial charge < -0.3 is 24.7 Å². The van der Waals surface area contributed by atoms with Gasteiger partial charge in [0.25, 0.3) is 0 Å². The van der Waals surface area contributed by atoms with Crippen molar-refractivity contribution in [3.05, 3.63) is 54.7 Å². The molecule has 29 heavy (non-hydrogen) atoms. The van der Waals surface area contributed by atoms with Crippen LogP contribution < -0.4 is 20.1 Å². The Kier molecular flexibility index (Phi) is 6.39. The highest BCUT2D eigenvalue weighted by molar-refractivity contribution is 6.04. The molecule has 0 aliphatic heterocycles. The monoisotopic (exact) mass is 395 g/mol. The Morgan fingerprint density at radius 1 is 1.03 bits per heavy atom. The molecular weight excluding hydrogens is 370 g/mol. The van der Waals surface area contributed by atoms with Crippen molar-refractivity contribution in [2.24, 2.45) is 0 Å². The minimum atomic E-state index is -0.412. The van der Waals surface area contributed by atoms with Crippen LogP contribution >= 0.6 is 0 Å². The highest BCUT2D eigenvalue weighted by Gasteiger charge is 2.15. The first-order chi connectivity index (χ1) is 14.0. The van der Waals surface area contributed by atoms with Gasteiger partial charge in [0.2, 0.25) is 11.8 Å². The first-order valence-corrected chi connectivity index (χ1v) is 9.35. The number of amides is 2. The maximum atomic E-state index is 12.3. The summed E-state index contributed by atoms with van der Waals surface area (Å²) < 4.78 is 12.5. The van der Waals surface area contributed by atoms with Crippen LogP contribution in [0, 0.1) is 0 Å². The number of carbonyl (C=O) groups excluding carboxylic acids is 2. The molecule has 7 heteroatoms. The summed E-state index contributed by atoms with van der Waals surface area (Å²) in [5, 5.41) is 6.73. The second-order valence-electron chi connectivity index (χ2n) is 6.79. The molecule has 7 nitrogen and oxygen atoms in total. The molecular formula is C22H25N3O4. The molecule has 0 bridgehead atoms. The van der Waals surface area contributed by atoms with E-state index in [4.69, 9.17) is 9.47 Å². The third kappa shape index (κ3) is 5.07. The maximum absolute atomic E-state index is 12.3. The maximum Gasteiger partial charge on any atom is 0.233 e. The lowest BCUT2D eigenvalue weighted by atomic mass is 10.2. The van der Waals surface area contributed by atoms with E-state index >= 15 is 0 Å². The predicted octanol–water partition coefficient (Wildman–Crippen LogP) is 3.19. The van der Waals surface area contributed by atoms with E-state index in [-0.39, 0.29) is 18.4 Å². The zero-order valence-corrected chi connectivity index (χ0v) is 16.8. The zero-order valence-electron chi connectivity index (χ0n) is 16.8. The van der Waals surface area contributed by atoms with E-state index in [1.165, 1.54) is 7.11 Å².